The molecule has 0 spiro atoms. The summed E-state index contributed by atoms with van der Waals surface area (Å²) in [6.45, 7) is 1.47. The molecular formula is C29H27F3N4O4. The monoisotopic (exact) mass is 552 g/mol. The number of halogens is 3. The summed E-state index contributed by atoms with van der Waals surface area (Å²) < 4.78 is 43.8. The molecule has 3 aromatic carbocycles. The van der Waals surface area contributed by atoms with E-state index in [2.05, 4.69) is 10.1 Å². The number of hydrogen-bond acceptors (Lipinski definition) is 6. The molecule has 0 saturated carbocycles. The van der Waals surface area contributed by atoms with Crippen LogP contribution in [0.4, 0.5) is 13.2 Å². The molecule has 0 bridgehead atoms. The number of carbonyl (C=O) groups excluding carboxylic acids is 3. The van der Waals surface area contributed by atoms with E-state index < -0.39 is 29.6 Å². The number of hydrogen-bond donors (Lipinski definition) is 2. The van der Waals surface area contributed by atoms with Crippen LogP contribution >= 0.6 is 0 Å². The maximum Gasteiger partial charge on any atom is 0.491 e. The highest BCUT2D eigenvalue weighted by atomic mass is 19.4. The number of alkyl halides is 3. The molecule has 208 valence electrons. The first-order valence-corrected chi connectivity index (χ1v) is 12.7. The molecule has 3 aromatic rings. The SMILES string of the molecule is CN1C(=O)C(c2ccccc2)(c2cccc(-c3ccc(C(=O)N4CCCC4)cc3)c2)NC1(N)OC(=O)C(F)(F)F. The molecule has 2 saturated heterocycles. The first kappa shape index (κ1) is 27.4. The molecule has 5 rings (SSSR count). The molecule has 2 aliphatic rings. The normalized spacial score (nSPS) is 23.0. The van der Waals surface area contributed by atoms with Gasteiger partial charge in [0, 0.05) is 25.7 Å². The Morgan fingerprint density at radius 3 is 2.15 bits per heavy atom. The number of carbonyl (C=O) groups is 3. The first-order chi connectivity index (χ1) is 19.0. The van der Waals surface area contributed by atoms with Gasteiger partial charge in [-0.2, -0.15) is 13.2 Å². The van der Waals surface area contributed by atoms with Gasteiger partial charge in [0.2, 0.25) is 0 Å². The van der Waals surface area contributed by atoms with Crippen molar-refractivity contribution in [3.63, 3.8) is 0 Å². The molecule has 3 N–H and O–H groups in total. The smallest absolute Gasteiger partial charge is 0.404 e. The van der Waals surface area contributed by atoms with Gasteiger partial charge in [0.25, 0.3) is 11.8 Å². The summed E-state index contributed by atoms with van der Waals surface area (Å²) in [5.74, 6) is -5.88. The van der Waals surface area contributed by atoms with Crippen LogP contribution in [-0.2, 0) is 19.9 Å². The number of esters is 1. The van der Waals surface area contributed by atoms with E-state index in [-0.39, 0.29) is 5.91 Å². The maximum atomic E-state index is 13.8. The summed E-state index contributed by atoms with van der Waals surface area (Å²) in [6.07, 6.45) is -3.35. The number of nitrogens with two attached hydrogens (primary N) is 1. The van der Waals surface area contributed by atoms with Crippen molar-refractivity contribution in [2.75, 3.05) is 20.1 Å². The van der Waals surface area contributed by atoms with Crippen molar-refractivity contribution >= 4 is 17.8 Å². The molecule has 2 fully saturated rings. The van der Waals surface area contributed by atoms with Crippen LogP contribution in [0.2, 0.25) is 0 Å². The van der Waals surface area contributed by atoms with Crippen molar-refractivity contribution < 1.29 is 32.3 Å². The quantitative estimate of drug-likeness (QED) is 0.371. The van der Waals surface area contributed by atoms with Gasteiger partial charge in [-0.1, -0.05) is 60.7 Å². The molecular weight excluding hydrogens is 525 g/mol. The van der Waals surface area contributed by atoms with Crippen LogP contribution in [0.25, 0.3) is 11.1 Å². The fourth-order valence-corrected chi connectivity index (χ4v) is 5.19. The van der Waals surface area contributed by atoms with Crippen molar-refractivity contribution in [3.8, 4) is 11.1 Å². The van der Waals surface area contributed by atoms with E-state index in [1.807, 2.05) is 11.0 Å². The second kappa shape index (κ2) is 10.1. The third-order valence-electron chi connectivity index (χ3n) is 7.33. The Hall–Kier alpha value is -4.22. The summed E-state index contributed by atoms with van der Waals surface area (Å²) in [5, 5.41) is 2.71. The zero-order valence-electron chi connectivity index (χ0n) is 21.6. The van der Waals surface area contributed by atoms with Gasteiger partial charge < -0.3 is 9.64 Å². The second-order valence-electron chi connectivity index (χ2n) is 9.85. The highest BCUT2D eigenvalue weighted by molar-refractivity contribution is 5.96. The zero-order chi connectivity index (χ0) is 28.7. The summed E-state index contributed by atoms with van der Waals surface area (Å²) in [4.78, 5) is 40.9. The maximum absolute atomic E-state index is 13.8. The zero-order valence-corrected chi connectivity index (χ0v) is 21.6. The Labute approximate surface area is 228 Å². The van der Waals surface area contributed by atoms with Gasteiger partial charge in [-0.05, 0) is 53.3 Å². The van der Waals surface area contributed by atoms with Gasteiger partial charge in [0.15, 0.2) is 5.54 Å². The largest absolute Gasteiger partial charge is 0.491 e. The predicted octanol–water partition coefficient (Wildman–Crippen LogP) is 3.57. The third-order valence-corrected chi connectivity index (χ3v) is 7.33. The van der Waals surface area contributed by atoms with Crippen molar-refractivity contribution in [3.05, 3.63) is 95.6 Å². The Kier molecular flexibility index (Phi) is 6.89. The van der Waals surface area contributed by atoms with Crippen molar-refractivity contribution in [2.45, 2.75) is 30.5 Å². The molecule has 0 aliphatic carbocycles. The van der Waals surface area contributed by atoms with Crippen LogP contribution in [0.1, 0.15) is 34.3 Å². The molecule has 0 radical (unpaired) electrons. The number of benzene rings is 3. The van der Waals surface area contributed by atoms with Gasteiger partial charge in [0.1, 0.15) is 0 Å². The third kappa shape index (κ3) is 4.71. The molecule has 2 aliphatic heterocycles. The lowest BCUT2D eigenvalue weighted by molar-refractivity contribution is -0.228. The molecule has 40 heavy (non-hydrogen) atoms. The van der Waals surface area contributed by atoms with Crippen molar-refractivity contribution in [1.29, 1.82) is 0 Å². The number of ether oxygens (including phenoxy) is 1. The van der Waals surface area contributed by atoms with Gasteiger partial charge >= 0.3 is 18.1 Å². The molecule has 2 atom stereocenters. The standard InChI is InChI=1S/C29H27F3N4O4/c1-35-25(38)27(22-9-3-2-4-10-22,34-29(35,33)40-26(39)28(30,31)32)23-11-7-8-21(18-23)19-12-14-20(15-13-19)24(37)36-16-5-6-17-36/h2-4,7-15,18,34H,5-6,16-17,33H2,1H3. The summed E-state index contributed by atoms with van der Waals surface area (Å²) >= 11 is 0. The topological polar surface area (TPSA) is 105 Å². The van der Waals surface area contributed by atoms with E-state index in [1.54, 1.807) is 72.8 Å². The average Bonchev–Trinajstić information content (AvgIpc) is 3.56. The van der Waals surface area contributed by atoms with Gasteiger partial charge in [0.05, 0.1) is 0 Å². The Morgan fingerprint density at radius 1 is 0.900 bits per heavy atom. The number of amides is 2. The minimum Gasteiger partial charge on any atom is -0.404 e. The lowest BCUT2D eigenvalue weighted by Gasteiger charge is -2.32. The van der Waals surface area contributed by atoms with Crippen LogP contribution in [0.15, 0.2) is 78.9 Å². The first-order valence-electron chi connectivity index (χ1n) is 12.7. The highest BCUT2D eigenvalue weighted by Gasteiger charge is 2.62. The fourth-order valence-electron chi connectivity index (χ4n) is 5.19. The molecule has 8 nitrogen and oxygen atoms in total. The van der Waals surface area contributed by atoms with E-state index in [1.165, 1.54) is 0 Å². The summed E-state index contributed by atoms with van der Waals surface area (Å²) in [5.41, 5.74) is 7.07. The molecule has 2 unspecified atom stereocenters. The van der Waals surface area contributed by atoms with Gasteiger partial charge in [-0.15, -0.1) is 0 Å². The highest BCUT2D eigenvalue weighted by Crippen LogP contribution is 2.41. The van der Waals surface area contributed by atoms with E-state index in [0.717, 1.165) is 43.4 Å². The number of likely N-dealkylation sites (tertiary alicyclic amines) is 1. The lowest BCUT2D eigenvalue weighted by atomic mass is 9.81. The summed E-state index contributed by atoms with van der Waals surface area (Å²) in [6, 6.07) is 22.2. The Morgan fingerprint density at radius 2 is 1.52 bits per heavy atom. The van der Waals surface area contributed by atoms with E-state index in [9.17, 15) is 27.6 Å². The van der Waals surface area contributed by atoms with Crippen LogP contribution in [-0.4, -0.2) is 59.9 Å². The van der Waals surface area contributed by atoms with Crippen molar-refractivity contribution in [1.82, 2.24) is 15.1 Å². The number of nitrogens with zero attached hydrogens (tertiary/aromatic N) is 2. The molecule has 11 heteroatoms. The lowest BCUT2D eigenvalue weighted by Crippen LogP contribution is -2.64. The van der Waals surface area contributed by atoms with Crippen LogP contribution < -0.4 is 11.1 Å². The predicted molar refractivity (Wildman–Crippen MR) is 139 cm³/mol. The number of rotatable bonds is 5. The van der Waals surface area contributed by atoms with E-state index in [4.69, 9.17) is 5.73 Å². The molecule has 2 heterocycles. The van der Waals surface area contributed by atoms with Crippen LogP contribution in [0, 0.1) is 0 Å². The van der Waals surface area contributed by atoms with Gasteiger partial charge in [-0.3, -0.25) is 20.2 Å². The van der Waals surface area contributed by atoms with Crippen LogP contribution in [0.3, 0.4) is 0 Å². The van der Waals surface area contributed by atoms with Crippen molar-refractivity contribution in [2.24, 2.45) is 5.73 Å². The van der Waals surface area contributed by atoms with Crippen LogP contribution in [0.5, 0.6) is 0 Å². The van der Waals surface area contributed by atoms with Gasteiger partial charge in [-0.25, -0.2) is 10.1 Å². The minimum absolute atomic E-state index is 0.0303. The molecule has 2 amide bonds. The molecule has 0 aromatic heterocycles. The average molecular weight is 553 g/mol. The second-order valence-corrected chi connectivity index (χ2v) is 9.85. The Balaban J connectivity index is 1.54. The Bertz CT molecular complexity index is 1440. The summed E-state index contributed by atoms with van der Waals surface area (Å²) in [7, 11) is 1.16. The fraction of sp³-hybridized carbons (Fsp3) is 0.276. The van der Waals surface area contributed by atoms with E-state index in [0.29, 0.717) is 22.3 Å². The minimum atomic E-state index is -5.32. The number of likely N-dealkylation sites (N-methyl/N-ethyl adjacent to an activating group) is 1. The van der Waals surface area contributed by atoms with E-state index >= 15 is 0 Å². The number of nitrogens with one attached hydrogen (secondary N) is 1.